The Labute approximate surface area is 145 Å². The van der Waals surface area contributed by atoms with Gasteiger partial charge in [-0.1, -0.05) is 42.5 Å². The minimum Gasteiger partial charge on any atom is -0.481 e. The average Bonchev–Trinajstić information content (AvgIpc) is 3.38. The second kappa shape index (κ2) is 7.05. The number of carbonyl (C=O) groups excluding carboxylic acids is 1. The van der Waals surface area contributed by atoms with Crippen molar-refractivity contribution in [1.29, 1.82) is 0 Å². The summed E-state index contributed by atoms with van der Waals surface area (Å²) in [6, 6.07) is 15.1. The lowest BCUT2D eigenvalue weighted by molar-refractivity contribution is -0.138. The van der Waals surface area contributed by atoms with Gasteiger partial charge in [0, 0.05) is 6.54 Å². The molecule has 25 heavy (non-hydrogen) atoms. The molecule has 0 radical (unpaired) electrons. The van der Waals surface area contributed by atoms with Crippen LogP contribution in [0.15, 0.2) is 54.6 Å². The van der Waals surface area contributed by atoms with Gasteiger partial charge >= 0.3 is 5.97 Å². The van der Waals surface area contributed by atoms with Crippen molar-refractivity contribution in [3.63, 3.8) is 0 Å². The van der Waals surface area contributed by atoms with Crippen LogP contribution in [0.25, 0.3) is 0 Å². The number of benzene rings is 2. The van der Waals surface area contributed by atoms with Crippen LogP contribution >= 0.6 is 0 Å². The predicted molar refractivity (Wildman–Crippen MR) is 91.6 cm³/mol. The van der Waals surface area contributed by atoms with Crippen LogP contribution in [0.4, 0.5) is 4.39 Å². The first-order valence-electron chi connectivity index (χ1n) is 8.31. The van der Waals surface area contributed by atoms with E-state index in [4.69, 9.17) is 0 Å². The molecule has 1 aliphatic rings. The van der Waals surface area contributed by atoms with E-state index in [0.29, 0.717) is 12.0 Å². The van der Waals surface area contributed by atoms with E-state index in [9.17, 15) is 19.1 Å². The first-order valence-corrected chi connectivity index (χ1v) is 8.31. The molecule has 3 rings (SSSR count). The summed E-state index contributed by atoms with van der Waals surface area (Å²) < 4.78 is 13.0. The molecule has 2 N–H and O–H groups in total. The van der Waals surface area contributed by atoms with Crippen LogP contribution in [0.5, 0.6) is 0 Å². The smallest absolute Gasteiger partial charge is 0.312 e. The molecule has 0 bridgehead atoms. The van der Waals surface area contributed by atoms with Gasteiger partial charge < -0.3 is 10.4 Å². The highest BCUT2D eigenvalue weighted by Gasteiger charge is 2.49. The number of amides is 1. The Morgan fingerprint density at radius 2 is 1.72 bits per heavy atom. The molecule has 130 valence electrons. The number of nitrogens with one attached hydrogen (secondary N) is 1. The van der Waals surface area contributed by atoms with Crippen molar-refractivity contribution in [1.82, 2.24) is 5.32 Å². The Bertz CT molecular complexity index is 754. The number of carboxylic acids is 1. The van der Waals surface area contributed by atoms with Crippen LogP contribution in [0.1, 0.15) is 29.9 Å². The molecule has 4 nitrogen and oxygen atoms in total. The molecular weight excluding hydrogens is 321 g/mol. The summed E-state index contributed by atoms with van der Waals surface area (Å²) in [6.45, 7) is -0.00363. The standard InChI is InChI=1S/C20H20FNO3/c21-16-8-6-15(7-9-16)17(18(23)24)13-22-19(25)20(10-11-20)12-14-4-2-1-3-5-14/h1-9,17H,10-13H2,(H,22,25)(H,23,24). The quantitative estimate of drug-likeness (QED) is 0.813. The van der Waals surface area contributed by atoms with E-state index in [1.54, 1.807) is 0 Å². The molecule has 0 heterocycles. The number of halogens is 1. The topological polar surface area (TPSA) is 66.4 Å². The monoisotopic (exact) mass is 341 g/mol. The maximum absolute atomic E-state index is 13.0. The molecule has 2 aromatic rings. The van der Waals surface area contributed by atoms with E-state index in [-0.39, 0.29) is 12.5 Å². The van der Waals surface area contributed by atoms with Crippen molar-refractivity contribution in [3.8, 4) is 0 Å². The first-order chi connectivity index (χ1) is 12.0. The number of hydrogen-bond acceptors (Lipinski definition) is 2. The molecule has 5 heteroatoms. The molecule has 1 unspecified atom stereocenters. The fraction of sp³-hybridized carbons (Fsp3) is 0.300. The highest BCUT2D eigenvalue weighted by Crippen LogP contribution is 2.48. The van der Waals surface area contributed by atoms with Gasteiger partial charge in [-0.05, 0) is 42.5 Å². The van der Waals surface area contributed by atoms with Gasteiger partial charge in [0.1, 0.15) is 5.82 Å². The Balaban J connectivity index is 1.64. The van der Waals surface area contributed by atoms with Gasteiger partial charge in [0.25, 0.3) is 0 Å². The van der Waals surface area contributed by atoms with Gasteiger partial charge in [-0.25, -0.2) is 4.39 Å². The molecule has 0 aromatic heterocycles. The third-order valence-electron chi connectivity index (χ3n) is 4.76. The molecule has 2 aromatic carbocycles. The predicted octanol–water partition coefficient (Wildman–Crippen LogP) is 3.13. The SMILES string of the molecule is O=C(O)C(CNC(=O)C1(Cc2ccccc2)CC1)c1ccc(F)cc1. The molecule has 1 aliphatic carbocycles. The second-order valence-corrected chi connectivity index (χ2v) is 6.60. The maximum atomic E-state index is 13.0. The largest absolute Gasteiger partial charge is 0.481 e. The number of carboxylic acid groups (broad SMARTS) is 1. The number of rotatable bonds is 7. The summed E-state index contributed by atoms with van der Waals surface area (Å²) in [4.78, 5) is 24.1. The summed E-state index contributed by atoms with van der Waals surface area (Å²) in [5.74, 6) is -2.46. The van der Waals surface area contributed by atoms with Gasteiger partial charge in [-0.15, -0.1) is 0 Å². The second-order valence-electron chi connectivity index (χ2n) is 6.60. The lowest BCUT2D eigenvalue weighted by atomic mass is 9.94. The average molecular weight is 341 g/mol. The third-order valence-corrected chi connectivity index (χ3v) is 4.76. The van der Waals surface area contributed by atoms with Crippen LogP contribution in [0.2, 0.25) is 0 Å². The molecule has 0 spiro atoms. The van der Waals surface area contributed by atoms with Gasteiger partial charge in [-0.2, -0.15) is 0 Å². The van der Waals surface area contributed by atoms with Crippen molar-refractivity contribution in [3.05, 3.63) is 71.5 Å². The zero-order valence-corrected chi connectivity index (χ0v) is 13.7. The van der Waals surface area contributed by atoms with Crippen molar-refractivity contribution < 1.29 is 19.1 Å². The van der Waals surface area contributed by atoms with Crippen molar-refractivity contribution >= 4 is 11.9 Å². The molecule has 1 fully saturated rings. The Kier molecular flexibility index (Phi) is 4.83. The molecule has 1 saturated carbocycles. The van der Waals surface area contributed by atoms with Gasteiger partial charge in [-0.3, -0.25) is 9.59 Å². The first kappa shape index (κ1) is 17.1. The lowest BCUT2D eigenvalue weighted by Crippen LogP contribution is -2.37. The number of carbonyl (C=O) groups is 2. The lowest BCUT2D eigenvalue weighted by Gasteiger charge is -2.18. The summed E-state index contributed by atoms with van der Waals surface area (Å²) in [5.41, 5.74) is 1.15. The molecule has 0 saturated heterocycles. The number of aliphatic carboxylic acids is 1. The minimum atomic E-state index is -1.04. The van der Waals surface area contributed by atoms with Crippen molar-refractivity contribution in [2.75, 3.05) is 6.54 Å². The van der Waals surface area contributed by atoms with Crippen molar-refractivity contribution in [2.24, 2.45) is 5.41 Å². The van der Waals surface area contributed by atoms with Crippen LogP contribution in [0, 0.1) is 11.2 Å². The van der Waals surface area contributed by atoms with Gasteiger partial charge in [0.2, 0.25) is 5.91 Å². The zero-order valence-electron chi connectivity index (χ0n) is 13.7. The summed E-state index contributed by atoms with van der Waals surface area (Å²) >= 11 is 0. The Hall–Kier alpha value is -2.69. The van der Waals surface area contributed by atoms with E-state index in [2.05, 4.69) is 5.32 Å². The van der Waals surface area contributed by atoms with E-state index in [0.717, 1.165) is 18.4 Å². The van der Waals surface area contributed by atoms with Crippen LogP contribution < -0.4 is 5.32 Å². The normalized spacial score (nSPS) is 16.0. The minimum absolute atomic E-state index is 0.00363. The summed E-state index contributed by atoms with van der Waals surface area (Å²) in [5, 5.41) is 12.2. The maximum Gasteiger partial charge on any atom is 0.312 e. The molecule has 1 amide bonds. The fourth-order valence-corrected chi connectivity index (χ4v) is 3.05. The summed E-state index contributed by atoms with van der Waals surface area (Å²) in [6.07, 6.45) is 2.28. The highest BCUT2D eigenvalue weighted by molar-refractivity contribution is 5.86. The zero-order chi connectivity index (χ0) is 17.9. The van der Waals surface area contributed by atoms with Crippen LogP contribution in [0.3, 0.4) is 0 Å². The molecule has 0 aliphatic heterocycles. The van der Waals surface area contributed by atoms with Gasteiger partial charge in [0.05, 0.1) is 11.3 Å². The van der Waals surface area contributed by atoms with Crippen molar-refractivity contribution in [2.45, 2.75) is 25.2 Å². The number of hydrogen-bond donors (Lipinski definition) is 2. The van der Waals surface area contributed by atoms with Crippen LogP contribution in [-0.2, 0) is 16.0 Å². The fourth-order valence-electron chi connectivity index (χ4n) is 3.05. The van der Waals surface area contributed by atoms with E-state index < -0.39 is 23.1 Å². The van der Waals surface area contributed by atoms with Crippen LogP contribution in [-0.4, -0.2) is 23.5 Å². The van der Waals surface area contributed by atoms with Gasteiger partial charge in [0.15, 0.2) is 0 Å². The molecular formula is C20H20FNO3. The summed E-state index contributed by atoms with van der Waals surface area (Å²) in [7, 11) is 0. The third kappa shape index (κ3) is 4.05. The van der Waals surface area contributed by atoms with E-state index in [1.807, 2.05) is 30.3 Å². The highest BCUT2D eigenvalue weighted by atomic mass is 19.1. The molecule has 1 atom stereocenters. The van der Waals surface area contributed by atoms with E-state index in [1.165, 1.54) is 24.3 Å². The Morgan fingerprint density at radius 3 is 2.28 bits per heavy atom. The Morgan fingerprint density at radius 1 is 1.08 bits per heavy atom. The van der Waals surface area contributed by atoms with E-state index >= 15 is 0 Å².